The molecule has 0 aliphatic rings. The standard InChI is InChI=1S/C19H28FN5S/c1-6-21-19(25(5)12-17-13-26-14(2)23-17)22-11-18(24(3)4)15-7-9-16(20)10-8-15/h7-10,13,18H,6,11-12H2,1-5H3,(H,21,22). The van der Waals surface area contributed by atoms with Crippen molar-refractivity contribution in [3.8, 4) is 0 Å². The second-order valence-corrected chi connectivity index (χ2v) is 7.50. The number of rotatable bonds is 7. The third kappa shape index (κ3) is 5.78. The van der Waals surface area contributed by atoms with Crippen molar-refractivity contribution in [3.63, 3.8) is 0 Å². The van der Waals surface area contributed by atoms with Gasteiger partial charge >= 0.3 is 0 Å². The predicted octanol–water partition coefficient (Wildman–Crippen LogP) is 3.29. The minimum absolute atomic E-state index is 0.0826. The molecule has 7 heteroatoms. The van der Waals surface area contributed by atoms with Crippen LogP contribution in [0.4, 0.5) is 4.39 Å². The number of nitrogens with one attached hydrogen (secondary N) is 1. The molecule has 0 amide bonds. The fourth-order valence-corrected chi connectivity index (χ4v) is 3.30. The fraction of sp³-hybridized carbons (Fsp3) is 0.474. The summed E-state index contributed by atoms with van der Waals surface area (Å²) in [4.78, 5) is 13.5. The number of guanidine groups is 1. The Balaban J connectivity index is 2.13. The van der Waals surface area contributed by atoms with Crippen LogP contribution in [0.3, 0.4) is 0 Å². The van der Waals surface area contributed by atoms with Crippen molar-refractivity contribution in [2.24, 2.45) is 4.99 Å². The van der Waals surface area contributed by atoms with Gasteiger partial charge in [-0.05, 0) is 45.6 Å². The highest BCUT2D eigenvalue weighted by Gasteiger charge is 2.15. The summed E-state index contributed by atoms with van der Waals surface area (Å²) in [5, 5.41) is 6.49. The van der Waals surface area contributed by atoms with Crippen LogP contribution in [0.15, 0.2) is 34.6 Å². The van der Waals surface area contributed by atoms with Gasteiger partial charge in [0.05, 0.1) is 29.8 Å². The molecule has 2 rings (SSSR count). The van der Waals surface area contributed by atoms with E-state index in [9.17, 15) is 4.39 Å². The number of aromatic nitrogens is 1. The first-order chi connectivity index (χ1) is 12.4. The van der Waals surface area contributed by atoms with Crippen molar-refractivity contribution in [1.82, 2.24) is 20.1 Å². The normalized spacial score (nSPS) is 13.1. The van der Waals surface area contributed by atoms with Gasteiger partial charge in [0.15, 0.2) is 5.96 Å². The van der Waals surface area contributed by atoms with E-state index in [1.54, 1.807) is 11.3 Å². The molecular formula is C19H28FN5S. The smallest absolute Gasteiger partial charge is 0.194 e. The van der Waals surface area contributed by atoms with E-state index < -0.39 is 0 Å². The van der Waals surface area contributed by atoms with Gasteiger partial charge in [0.2, 0.25) is 0 Å². The molecule has 0 saturated heterocycles. The number of aliphatic imine (C=N–C) groups is 1. The molecule has 0 bridgehead atoms. The maximum atomic E-state index is 13.2. The van der Waals surface area contributed by atoms with Crippen LogP contribution < -0.4 is 5.32 Å². The Hall–Kier alpha value is -1.99. The molecule has 1 atom stereocenters. The Bertz CT molecular complexity index is 711. The van der Waals surface area contributed by atoms with E-state index in [-0.39, 0.29) is 11.9 Å². The lowest BCUT2D eigenvalue weighted by atomic mass is 10.1. The molecule has 1 unspecified atom stereocenters. The average Bonchev–Trinajstić information content (AvgIpc) is 3.00. The Morgan fingerprint density at radius 2 is 1.96 bits per heavy atom. The number of hydrogen-bond donors (Lipinski definition) is 1. The summed E-state index contributed by atoms with van der Waals surface area (Å²) >= 11 is 1.66. The van der Waals surface area contributed by atoms with Gasteiger partial charge < -0.3 is 15.1 Å². The molecule has 0 saturated carbocycles. The topological polar surface area (TPSA) is 43.8 Å². The van der Waals surface area contributed by atoms with Gasteiger partial charge in [-0.3, -0.25) is 4.99 Å². The molecule has 1 heterocycles. The third-order valence-corrected chi connectivity index (χ3v) is 4.88. The summed E-state index contributed by atoms with van der Waals surface area (Å²) in [7, 11) is 6.04. The van der Waals surface area contributed by atoms with Crippen LogP contribution in [-0.4, -0.2) is 55.0 Å². The van der Waals surface area contributed by atoms with Crippen molar-refractivity contribution in [3.05, 3.63) is 51.7 Å². The van der Waals surface area contributed by atoms with Crippen molar-refractivity contribution in [1.29, 1.82) is 0 Å². The zero-order valence-corrected chi connectivity index (χ0v) is 17.0. The summed E-state index contributed by atoms with van der Waals surface area (Å²) < 4.78 is 13.2. The predicted molar refractivity (Wildman–Crippen MR) is 107 cm³/mol. The monoisotopic (exact) mass is 377 g/mol. The quantitative estimate of drug-likeness (QED) is 0.594. The molecule has 0 radical (unpaired) electrons. The largest absolute Gasteiger partial charge is 0.357 e. The van der Waals surface area contributed by atoms with E-state index in [0.29, 0.717) is 13.1 Å². The second kappa shape index (κ2) is 9.64. The van der Waals surface area contributed by atoms with Gasteiger partial charge in [-0.1, -0.05) is 12.1 Å². The summed E-state index contributed by atoms with van der Waals surface area (Å²) in [6, 6.07) is 6.72. The van der Waals surface area contributed by atoms with E-state index in [4.69, 9.17) is 4.99 Å². The zero-order chi connectivity index (χ0) is 19.1. The summed E-state index contributed by atoms with van der Waals surface area (Å²) in [6.45, 7) is 6.15. The van der Waals surface area contributed by atoms with Gasteiger partial charge in [0.1, 0.15) is 5.82 Å². The van der Waals surface area contributed by atoms with E-state index in [0.717, 1.165) is 28.8 Å². The third-order valence-electron chi connectivity index (χ3n) is 4.05. The molecule has 0 spiro atoms. The van der Waals surface area contributed by atoms with Crippen molar-refractivity contribution >= 4 is 17.3 Å². The van der Waals surface area contributed by atoms with Crippen LogP contribution >= 0.6 is 11.3 Å². The summed E-state index contributed by atoms with van der Waals surface area (Å²) in [5.41, 5.74) is 2.09. The number of likely N-dealkylation sites (N-methyl/N-ethyl adjacent to an activating group) is 1. The molecule has 0 aliphatic carbocycles. The molecule has 26 heavy (non-hydrogen) atoms. The van der Waals surface area contributed by atoms with E-state index in [1.807, 2.05) is 40.2 Å². The molecule has 0 aliphatic heterocycles. The Morgan fingerprint density at radius 1 is 1.27 bits per heavy atom. The molecule has 1 N–H and O–H groups in total. The molecule has 1 aromatic heterocycles. The van der Waals surface area contributed by atoms with Crippen LogP contribution in [0, 0.1) is 12.7 Å². The van der Waals surface area contributed by atoms with E-state index in [2.05, 4.69) is 32.4 Å². The van der Waals surface area contributed by atoms with E-state index in [1.165, 1.54) is 12.1 Å². The number of hydrogen-bond acceptors (Lipinski definition) is 4. The first-order valence-corrected chi connectivity index (χ1v) is 9.61. The highest BCUT2D eigenvalue weighted by molar-refractivity contribution is 7.09. The van der Waals surface area contributed by atoms with Gasteiger partial charge in [0, 0.05) is 19.0 Å². The number of benzene rings is 1. The molecule has 142 valence electrons. The Labute approximate surface area is 159 Å². The summed E-state index contributed by atoms with van der Waals surface area (Å²) in [6.07, 6.45) is 0. The first-order valence-electron chi connectivity index (χ1n) is 8.73. The fourth-order valence-electron chi connectivity index (χ4n) is 2.69. The van der Waals surface area contributed by atoms with Gasteiger partial charge in [-0.15, -0.1) is 11.3 Å². The maximum Gasteiger partial charge on any atom is 0.194 e. The molecule has 2 aromatic rings. The second-order valence-electron chi connectivity index (χ2n) is 6.44. The molecular weight excluding hydrogens is 349 g/mol. The number of nitrogens with zero attached hydrogens (tertiary/aromatic N) is 4. The van der Waals surface area contributed by atoms with Crippen LogP contribution in [-0.2, 0) is 6.54 Å². The van der Waals surface area contributed by atoms with Gasteiger partial charge in [-0.25, -0.2) is 9.37 Å². The zero-order valence-electron chi connectivity index (χ0n) is 16.2. The first kappa shape index (κ1) is 20.3. The summed E-state index contributed by atoms with van der Waals surface area (Å²) in [5.74, 6) is 0.619. The van der Waals surface area contributed by atoms with Crippen molar-refractivity contribution in [2.45, 2.75) is 26.4 Å². The van der Waals surface area contributed by atoms with Gasteiger partial charge in [-0.2, -0.15) is 0 Å². The van der Waals surface area contributed by atoms with E-state index >= 15 is 0 Å². The van der Waals surface area contributed by atoms with Gasteiger partial charge in [0.25, 0.3) is 0 Å². The van der Waals surface area contributed by atoms with Crippen LogP contribution in [0.2, 0.25) is 0 Å². The van der Waals surface area contributed by atoms with Crippen LogP contribution in [0.5, 0.6) is 0 Å². The lowest BCUT2D eigenvalue weighted by molar-refractivity contribution is 0.305. The Kier molecular flexibility index (Phi) is 7.53. The molecule has 0 fully saturated rings. The molecule has 5 nitrogen and oxygen atoms in total. The number of halogens is 1. The van der Waals surface area contributed by atoms with Crippen LogP contribution in [0.1, 0.15) is 29.2 Å². The Morgan fingerprint density at radius 3 is 2.50 bits per heavy atom. The highest BCUT2D eigenvalue weighted by atomic mass is 32.1. The maximum absolute atomic E-state index is 13.2. The number of aryl methyl sites for hydroxylation is 1. The minimum atomic E-state index is -0.221. The number of thiazole rings is 1. The lowest BCUT2D eigenvalue weighted by Gasteiger charge is -2.26. The van der Waals surface area contributed by atoms with Crippen LogP contribution in [0.25, 0.3) is 0 Å². The lowest BCUT2D eigenvalue weighted by Crippen LogP contribution is -2.39. The SMILES string of the molecule is CCNC(=NCC(c1ccc(F)cc1)N(C)C)N(C)Cc1csc(C)n1. The average molecular weight is 378 g/mol. The minimum Gasteiger partial charge on any atom is -0.357 e. The van der Waals surface area contributed by atoms with Crippen molar-refractivity contribution in [2.75, 3.05) is 34.2 Å². The van der Waals surface area contributed by atoms with Crippen molar-refractivity contribution < 1.29 is 4.39 Å². The molecule has 1 aromatic carbocycles. The highest BCUT2D eigenvalue weighted by Crippen LogP contribution is 2.19.